The summed E-state index contributed by atoms with van der Waals surface area (Å²) < 4.78 is 0.940. The fourth-order valence-electron chi connectivity index (χ4n) is 1.86. The average molecular weight is 397 g/mol. The summed E-state index contributed by atoms with van der Waals surface area (Å²) in [5.41, 5.74) is 1.89. The Morgan fingerprint density at radius 1 is 1.04 bits per heavy atom. The number of hydrogen-bond donors (Lipinski definition) is 3. The predicted octanol–water partition coefficient (Wildman–Crippen LogP) is 4.11. The molecule has 120 valence electrons. The minimum absolute atomic E-state index is 0.0549. The Labute approximate surface area is 147 Å². The number of benzene rings is 2. The van der Waals surface area contributed by atoms with Crippen molar-refractivity contribution < 1.29 is 9.59 Å². The molecule has 0 heterocycles. The van der Waals surface area contributed by atoms with Crippen LogP contribution >= 0.6 is 27.5 Å². The second-order valence-corrected chi connectivity index (χ2v) is 6.11. The van der Waals surface area contributed by atoms with Gasteiger partial charge < -0.3 is 16.0 Å². The third-order valence-electron chi connectivity index (χ3n) is 2.85. The number of anilines is 3. The number of nitrogens with one attached hydrogen (secondary N) is 3. The van der Waals surface area contributed by atoms with Crippen molar-refractivity contribution in [2.45, 2.75) is 6.92 Å². The van der Waals surface area contributed by atoms with Crippen LogP contribution in [0.15, 0.2) is 46.9 Å². The largest absolute Gasteiger partial charge is 0.375 e. The van der Waals surface area contributed by atoms with Gasteiger partial charge in [0.2, 0.25) is 11.8 Å². The second kappa shape index (κ2) is 7.99. The van der Waals surface area contributed by atoms with Gasteiger partial charge in [0.1, 0.15) is 0 Å². The van der Waals surface area contributed by atoms with E-state index in [0.717, 1.165) is 4.47 Å². The van der Waals surface area contributed by atoms with Gasteiger partial charge in [-0.1, -0.05) is 27.5 Å². The monoisotopic (exact) mass is 395 g/mol. The molecule has 0 saturated carbocycles. The van der Waals surface area contributed by atoms with Gasteiger partial charge in [0, 0.05) is 22.8 Å². The number of amides is 2. The maximum atomic E-state index is 11.9. The van der Waals surface area contributed by atoms with Crippen molar-refractivity contribution >= 4 is 56.4 Å². The highest BCUT2D eigenvalue weighted by Crippen LogP contribution is 2.25. The van der Waals surface area contributed by atoms with Crippen LogP contribution in [0.2, 0.25) is 5.02 Å². The van der Waals surface area contributed by atoms with Crippen molar-refractivity contribution in [1.29, 1.82) is 0 Å². The van der Waals surface area contributed by atoms with Crippen LogP contribution in [-0.4, -0.2) is 18.4 Å². The normalized spacial score (nSPS) is 10.0. The summed E-state index contributed by atoms with van der Waals surface area (Å²) in [6.07, 6.45) is 0. The van der Waals surface area contributed by atoms with Crippen LogP contribution in [-0.2, 0) is 9.59 Å². The van der Waals surface area contributed by atoms with Crippen molar-refractivity contribution in [1.82, 2.24) is 0 Å². The Kier molecular flexibility index (Phi) is 6.01. The van der Waals surface area contributed by atoms with E-state index in [1.54, 1.807) is 30.3 Å². The number of rotatable bonds is 5. The van der Waals surface area contributed by atoms with Gasteiger partial charge >= 0.3 is 0 Å². The lowest BCUT2D eigenvalue weighted by molar-refractivity contribution is -0.115. The van der Waals surface area contributed by atoms with Gasteiger partial charge in [0.15, 0.2) is 0 Å². The average Bonchev–Trinajstić information content (AvgIpc) is 2.49. The first-order valence-corrected chi connectivity index (χ1v) is 7.97. The Balaban J connectivity index is 1.95. The Hall–Kier alpha value is -2.05. The lowest BCUT2D eigenvalue weighted by Gasteiger charge is -2.11. The minimum atomic E-state index is -0.201. The molecular weight excluding hydrogens is 382 g/mol. The molecule has 3 N–H and O–H groups in total. The van der Waals surface area contributed by atoms with E-state index in [1.807, 2.05) is 12.1 Å². The summed E-state index contributed by atoms with van der Waals surface area (Å²) in [4.78, 5) is 23.0. The van der Waals surface area contributed by atoms with E-state index < -0.39 is 0 Å². The third kappa shape index (κ3) is 5.58. The number of carbonyl (C=O) groups excluding carboxylic acids is 2. The summed E-state index contributed by atoms with van der Waals surface area (Å²) in [7, 11) is 0. The van der Waals surface area contributed by atoms with Crippen LogP contribution in [0, 0.1) is 0 Å². The molecule has 2 rings (SSSR count). The molecule has 23 heavy (non-hydrogen) atoms. The quantitative estimate of drug-likeness (QED) is 0.712. The maximum Gasteiger partial charge on any atom is 0.243 e. The van der Waals surface area contributed by atoms with E-state index in [0.29, 0.717) is 22.1 Å². The van der Waals surface area contributed by atoms with E-state index in [4.69, 9.17) is 11.6 Å². The molecule has 0 aromatic heterocycles. The fourth-order valence-corrected chi connectivity index (χ4v) is 2.30. The molecule has 0 spiro atoms. The van der Waals surface area contributed by atoms with Crippen molar-refractivity contribution in [2.75, 3.05) is 22.5 Å². The zero-order valence-electron chi connectivity index (χ0n) is 12.3. The molecule has 0 atom stereocenters. The summed E-state index contributed by atoms with van der Waals surface area (Å²) in [5.74, 6) is -0.375. The number of halogens is 2. The lowest BCUT2D eigenvalue weighted by Crippen LogP contribution is -2.21. The first-order chi connectivity index (χ1) is 10.9. The van der Waals surface area contributed by atoms with Crippen molar-refractivity contribution in [3.8, 4) is 0 Å². The molecule has 7 heteroatoms. The molecule has 2 aromatic carbocycles. The van der Waals surface area contributed by atoms with Crippen LogP contribution in [0.1, 0.15) is 6.92 Å². The molecule has 2 aromatic rings. The van der Waals surface area contributed by atoms with Crippen LogP contribution in [0.3, 0.4) is 0 Å². The smallest absolute Gasteiger partial charge is 0.243 e. The summed E-state index contributed by atoms with van der Waals surface area (Å²) in [6.45, 7) is 1.48. The lowest BCUT2D eigenvalue weighted by atomic mass is 10.2. The molecule has 0 radical (unpaired) electrons. The molecular formula is C16H15BrClN3O2. The van der Waals surface area contributed by atoms with Gasteiger partial charge in [0.25, 0.3) is 0 Å². The highest BCUT2D eigenvalue weighted by atomic mass is 79.9. The van der Waals surface area contributed by atoms with E-state index in [2.05, 4.69) is 31.9 Å². The SMILES string of the molecule is CC(=O)Nc1ccc(Cl)c(NCC(=O)Nc2ccc(Br)cc2)c1. The molecule has 0 unspecified atom stereocenters. The van der Waals surface area contributed by atoms with Gasteiger partial charge in [0.05, 0.1) is 17.3 Å². The van der Waals surface area contributed by atoms with Crippen molar-refractivity contribution in [3.63, 3.8) is 0 Å². The Bertz CT molecular complexity index is 720. The van der Waals surface area contributed by atoms with Gasteiger partial charge in [-0.3, -0.25) is 9.59 Å². The molecule has 0 fully saturated rings. The van der Waals surface area contributed by atoms with Crippen LogP contribution < -0.4 is 16.0 Å². The number of carbonyl (C=O) groups is 2. The van der Waals surface area contributed by atoms with E-state index in [-0.39, 0.29) is 18.4 Å². The zero-order valence-corrected chi connectivity index (χ0v) is 14.7. The first kappa shape index (κ1) is 17.3. The predicted molar refractivity (Wildman–Crippen MR) is 97.0 cm³/mol. The van der Waals surface area contributed by atoms with Crippen molar-refractivity contribution in [2.24, 2.45) is 0 Å². The topological polar surface area (TPSA) is 70.2 Å². The Morgan fingerprint density at radius 2 is 1.70 bits per heavy atom. The molecule has 5 nitrogen and oxygen atoms in total. The summed E-state index contributed by atoms with van der Waals surface area (Å²) in [5, 5.41) is 8.85. The van der Waals surface area contributed by atoms with Crippen LogP contribution in [0.25, 0.3) is 0 Å². The summed E-state index contributed by atoms with van der Waals surface area (Å²) in [6, 6.07) is 12.3. The van der Waals surface area contributed by atoms with Gasteiger partial charge in [-0.15, -0.1) is 0 Å². The molecule has 2 amide bonds. The standard InChI is InChI=1S/C16H15BrClN3O2/c1-10(22)20-13-6-7-14(18)15(8-13)19-9-16(23)21-12-4-2-11(17)3-5-12/h2-8,19H,9H2,1H3,(H,20,22)(H,21,23). The van der Waals surface area contributed by atoms with Gasteiger partial charge in [-0.25, -0.2) is 0 Å². The molecule has 0 aliphatic heterocycles. The molecule has 0 aliphatic rings. The van der Waals surface area contributed by atoms with Gasteiger partial charge in [-0.05, 0) is 42.5 Å². The highest BCUT2D eigenvalue weighted by Gasteiger charge is 2.06. The van der Waals surface area contributed by atoms with Crippen LogP contribution in [0.5, 0.6) is 0 Å². The molecule has 0 saturated heterocycles. The van der Waals surface area contributed by atoms with E-state index >= 15 is 0 Å². The summed E-state index contributed by atoms with van der Waals surface area (Å²) >= 11 is 9.42. The second-order valence-electron chi connectivity index (χ2n) is 4.78. The highest BCUT2D eigenvalue weighted by molar-refractivity contribution is 9.10. The maximum absolute atomic E-state index is 11.9. The van der Waals surface area contributed by atoms with E-state index in [9.17, 15) is 9.59 Å². The zero-order chi connectivity index (χ0) is 16.8. The van der Waals surface area contributed by atoms with Crippen molar-refractivity contribution in [3.05, 3.63) is 52.0 Å². The van der Waals surface area contributed by atoms with E-state index in [1.165, 1.54) is 6.92 Å². The minimum Gasteiger partial charge on any atom is -0.375 e. The Morgan fingerprint density at radius 3 is 2.35 bits per heavy atom. The first-order valence-electron chi connectivity index (χ1n) is 6.80. The molecule has 0 bridgehead atoms. The van der Waals surface area contributed by atoms with Gasteiger partial charge in [-0.2, -0.15) is 0 Å². The van der Waals surface area contributed by atoms with Crippen LogP contribution in [0.4, 0.5) is 17.1 Å². The third-order valence-corrected chi connectivity index (χ3v) is 3.71. The fraction of sp³-hybridized carbons (Fsp3) is 0.125. The number of hydrogen-bond acceptors (Lipinski definition) is 3. The molecule has 0 aliphatic carbocycles.